The molecule has 0 fully saturated rings. The Kier molecular flexibility index (Phi) is 4.61. The van der Waals surface area contributed by atoms with Crippen LogP contribution in [0.15, 0.2) is 0 Å². The van der Waals surface area contributed by atoms with Crippen molar-refractivity contribution < 1.29 is 13.2 Å². The van der Waals surface area contributed by atoms with Crippen molar-refractivity contribution in [3.8, 4) is 0 Å². The molecule has 15 heavy (non-hydrogen) atoms. The minimum atomic E-state index is -4.17. The van der Waals surface area contributed by atoms with Crippen LogP contribution >= 0.6 is 0 Å². The van der Waals surface area contributed by atoms with Gasteiger partial charge in [0.1, 0.15) is 0 Å². The van der Waals surface area contributed by atoms with Crippen molar-refractivity contribution in [1.29, 1.82) is 0 Å². The topological polar surface area (TPSA) is 29.3 Å². The van der Waals surface area contributed by atoms with Crippen molar-refractivity contribution >= 4 is 0 Å². The quantitative estimate of drug-likeness (QED) is 0.799. The lowest BCUT2D eigenvalue weighted by atomic mass is 9.82. The van der Waals surface area contributed by atoms with E-state index >= 15 is 0 Å². The van der Waals surface area contributed by atoms with Gasteiger partial charge >= 0.3 is 6.18 Å². The second-order valence-corrected chi connectivity index (χ2v) is 5.20. The first kappa shape index (κ1) is 14.7. The molecule has 92 valence electrons. The van der Waals surface area contributed by atoms with Gasteiger partial charge in [-0.05, 0) is 19.4 Å². The summed E-state index contributed by atoms with van der Waals surface area (Å²) in [4.78, 5) is 1.28. The largest absolute Gasteiger partial charge is 0.401 e. The number of rotatable bonds is 3. The number of halogens is 3. The molecule has 0 saturated carbocycles. The van der Waals surface area contributed by atoms with Gasteiger partial charge in [-0.3, -0.25) is 4.90 Å². The Bertz CT molecular complexity index is 194. The van der Waals surface area contributed by atoms with Crippen LogP contribution in [0.2, 0.25) is 0 Å². The van der Waals surface area contributed by atoms with Gasteiger partial charge in [-0.2, -0.15) is 13.2 Å². The van der Waals surface area contributed by atoms with Crippen molar-refractivity contribution in [3.05, 3.63) is 0 Å². The van der Waals surface area contributed by atoms with E-state index in [0.29, 0.717) is 0 Å². The summed E-state index contributed by atoms with van der Waals surface area (Å²) < 4.78 is 36.7. The predicted octanol–water partition coefficient (Wildman–Crippen LogP) is 2.24. The maximum Gasteiger partial charge on any atom is 0.401 e. The zero-order valence-electron chi connectivity index (χ0n) is 10.0. The van der Waals surface area contributed by atoms with Crippen molar-refractivity contribution in [1.82, 2.24) is 4.90 Å². The van der Waals surface area contributed by atoms with Crippen LogP contribution < -0.4 is 5.73 Å². The molecular weight excluding hydrogens is 205 g/mol. The van der Waals surface area contributed by atoms with Crippen LogP contribution in [-0.4, -0.2) is 36.8 Å². The molecule has 0 radical (unpaired) electrons. The fraction of sp³-hybridized carbons (Fsp3) is 1.00. The van der Waals surface area contributed by atoms with Crippen LogP contribution in [0.3, 0.4) is 0 Å². The van der Waals surface area contributed by atoms with Crippen LogP contribution in [-0.2, 0) is 0 Å². The summed E-state index contributed by atoms with van der Waals surface area (Å²) in [5.74, 6) is 0. The summed E-state index contributed by atoms with van der Waals surface area (Å²) >= 11 is 0. The van der Waals surface area contributed by atoms with Gasteiger partial charge in [0.2, 0.25) is 0 Å². The van der Waals surface area contributed by atoms with Gasteiger partial charge in [-0.25, -0.2) is 0 Å². The minimum Gasteiger partial charge on any atom is -0.327 e. The van der Waals surface area contributed by atoms with Crippen LogP contribution in [0.5, 0.6) is 0 Å². The molecule has 0 amide bonds. The number of hydrogen-bond acceptors (Lipinski definition) is 2. The van der Waals surface area contributed by atoms with Gasteiger partial charge in [-0.1, -0.05) is 20.8 Å². The lowest BCUT2D eigenvalue weighted by Gasteiger charge is -2.40. The first-order chi connectivity index (χ1) is 6.45. The van der Waals surface area contributed by atoms with E-state index in [4.69, 9.17) is 5.73 Å². The standard InChI is InChI=1S/C10H21F3N2/c1-7(14)8(9(2,3)4)15(5)6-10(11,12)13/h7-8H,6,14H2,1-5H3. The predicted molar refractivity (Wildman–Crippen MR) is 55.6 cm³/mol. The summed E-state index contributed by atoms with van der Waals surface area (Å²) in [5, 5.41) is 0. The molecule has 2 unspecified atom stereocenters. The van der Waals surface area contributed by atoms with E-state index in [9.17, 15) is 13.2 Å². The summed E-state index contributed by atoms with van der Waals surface area (Å²) in [6, 6.07) is -0.587. The smallest absolute Gasteiger partial charge is 0.327 e. The highest BCUT2D eigenvalue weighted by atomic mass is 19.4. The molecule has 5 heteroatoms. The van der Waals surface area contributed by atoms with Crippen LogP contribution in [0, 0.1) is 5.41 Å². The van der Waals surface area contributed by atoms with E-state index in [-0.39, 0.29) is 17.5 Å². The average molecular weight is 226 g/mol. The minimum absolute atomic E-state index is 0.270. The Morgan fingerprint density at radius 3 is 1.80 bits per heavy atom. The average Bonchev–Trinajstić information content (AvgIpc) is 1.74. The van der Waals surface area contributed by atoms with Gasteiger partial charge in [0.25, 0.3) is 0 Å². The van der Waals surface area contributed by atoms with Gasteiger partial charge in [0.05, 0.1) is 6.54 Å². The second kappa shape index (κ2) is 4.70. The maximum absolute atomic E-state index is 12.2. The third-order valence-electron chi connectivity index (χ3n) is 2.29. The molecule has 0 rings (SSSR count). The third kappa shape index (κ3) is 5.37. The molecule has 2 N–H and O–H groups in total. The van der Waals surface area contributed by atoms with Gasteiger partial charge in [0, 0.05) is 12.1 Å². The molecule has 0 aromatic heterocycles. The molecule has 0 saturated heterocycles. The first-order valence-electron chi connectivity index (χ1n) is 4.97. The maximum atomic E-state index is 12.2. The van der Waals surface area contributed by atoms with Gasteiger partial charge in [-0.15, -0.1) is 0 Å². The van der Waals surface area contributed by atoms with E-state index < -0.39 is 12.7 Å². The molecule has 0 aliphatic carbocycles. The van der Waals surface area contributed by atoms with E-state index in [2.05, 4.69) is 0 Å². The SMILES string of the molecule is CC(N)C(N(C)CC(F)(F)F)C(C)(C)C. The fourth-order valence-corrected chi connectivity index (χ4v) is 2.23. The Morgan fingerprint density at radius 2 is 1.60 bits per heavy atom. The van der Waals surface area contributed by atoms with E-state index in [1.807, 2.05) is 20.8 Å². The third-order valence-corrected chi connectivity index (χ3v) is 2.29. The molecule has 2 atom stereocenters. The normalized spacial score (nSPS) is 18.0. The van der Waals surface area contributed by atoms with Crippen LogP contribution in [0.25, 0.3) is 0 Å². The fourth-order valence-electron chi connectivity index (χ4n) is 2.23. The molecule has 0 aliphatic heterocycles. The molecule has 0 aromatic carbocycles. The molecule has 0 aromatic rings. The van der Waals surface area contributed by atoms with E-state index in [0.717, 1.165) is 0 Å². The Balaban J connectivity index is 4.66. The number of alkyl halides is 3. The van der Waals surface area contributed by atoms with Gasteiger partial charge < -0.3 is 5.73 Å². The molecular formula is C10H21F3N2. The lowest BCUT2D eigenvalue weighted by molar-refractivity contribution is -0.152. The van der Waals surface area contributed by atoms with E-state index in [1.54, 1.807) is 6.92 Å². The van der Waals surface area contributed by atoms with Crippen molar-refractivity contribution in [2.75, 3.05) is 13.6 Å². The zero-order valence-corrected chi connectivity index (χ0v) is 10.0. The summed E-state index contributed by atoms with van der Waals surface area (Å²) in [5.41, 5.74) is 5.46. The Hall–Kier alpha value is -0.290. The highest BCUT2D eigenvalue weighted by Crippen LogP contribution is 2.28. The van der Waals surface area contributed by atoms with Crippen molar-refractivity contribution in [2.24, 2.45) is 11.1 Å². The first-order valence-corrected chi connectivity index (χ1v) is 4.97. The second-order valence-electron chi connectivity index (χ2n) is 5.20. The lowest BCUT2D eigenvalue weighted by Crippen LogP contribution is -2.54. The molecule has 2 nitrogen and oxygen atoms in total. The van der Waals surface area contributed by atoms with Gasteiger partial charge in [0.15, 0.2) is 0 Å². The van der Waals surface area contributed by atoms with Crippen LogP contribution in [0.1, 0.15) is 27.7 Å². The summed E-state index contributed by atoms with van der Waals surface area (Å²) in [7, 11) is 1.47. The Labute approximate surface area is 89.6 Å². The van der Waals surface area contributed by atoms with Crippen molar-refractivity contribution in [2.45, 2.75) is 46.0 Å². The number of likely N-dealkylation sites (N-methyl/N-ethyl adjacent to an activating group) is 1. The highest BCUT2D eigenvalue weighted by Gasteiger charge is 2.37. The molecule has 0 bridgehead atoms. The highest BCUT2D eigenvalue weighted by molar-refractivity contribution is 4.88. The van der Waals surface area contributed by atoms with Crippen LogP contribution in [0.4, 0.5) is 13.2 Å². The zero-order chi connectivity index (χ0) is 12.4. The summed E-state index contributed by atoms with van der Waals surface area (Å²) in [6.07, 6.45) is -4.17. The molecule has 0 spiro atoms. The molecule has 0 heterocycles. The molecule has 0 aliphatic rings. The van der Waals surface area contributed by atoms with E-state index in [1.165, 1.54) is 11.9 Å². The number of nitrogens with two attached hydrogens (primary N) is 1. The monoisotopic (exact) mass is 226 g/mol. The number of hydrogen-bond donors (Lipinski definition) is 1. The summed E-state index contributed by atoms with van der Waals surface area (Å²) in [6.45, 7) is 6.51. The van der Waals surface area contributed by atoms with Crippen molar-refractivity contribution in [3.63, 3.8) is 0 Å². The number of nitrogens with zero attached hydrogens (tertiary/aromatic N) is 1. The Morgan fingerprint density at radius 1 is 1.20 bits per heavy atom.